The van der Waals surface area contributed by atoms with Crippen molar-refractivity contribution in [3.8, 4) is 0 Å². The van der Waals surface area contributed by atoms with Crippen molar-refractivity contribution in [3.05, 3.63) is 12.7 Å². The van der Waals surface area contributed by atoms with Crippen molar-refractivity contribution in [2.45, 2.75) is 45.6 Å². The number of unbranched alkanes of at least 4 members (excludes halogenated alkanes) is 1. The van der Waals surface area contributed by atoms with E-state index in [9.17, 15) is 17.8 Å². The van der Waals surface area contributed by atoms with E-state index in [1.54, 1.807) is 0 Å². The normalized spacial score (nSPS) is 14.4. The third-order valence-corrected chi connectivity index (χ3v) is 4.21. The quantitative estimate of drug-likeness (QED) is 0.293. The molecular weight excluding hydrogens is 292 g/mol. The van der Waals surface area contributed by atoms with Gasteiger partial charge < -0.3 is 14.8 Å². The molecule has 2 atom stereocenters. The van der Waals surface area contributed by atoms with Gasteiger partial charge in [0.2, 0.25) is 5.91 Å². The highest BCUT2D eigenvalue weighted by Crippen LogP contribution is 1.93. The molecule has 124 valence electrons. The Morgan fingerprint density at radius 1 is 1.38 bits per heavy atom. The van der Waals surface area contributed by atoms with E-state index in [4.69, 9.17) is 0 Å². The molecule has 21 heavy (non-hydrogen) atoms. The maximum atomic E-state index is 11.0. The lowest BCUT2D eigenvalue weighted by Gasteiger charge is -2.26. The SMILES string of the molecule is C=CC(=O)NCCCC[NH+](CCC)C(C)CCS(=O)(=O)[O-]. The molecule has 0 rings (SSSR count). The van der Waals surface area contributed by atoms with Gasteiger partial charge in [-0.25, -0.2) is 8.42 Å². The minimum atomic E-state index is -4.13. The lowest BCUT2D eigenvalue weighted by molar-refractivity contribution is -0.923. The number of amides is 1. The van der Waals surface area contributed by atoms with Gasteiger partial charge in [-0.3, -0.25) is 4.79 Å². The fraction of sp³-hybridized carbons (Fsp3) is 0.786. The lowest BCUT2D eigenvalue weighted by Crippen LogP contribution is -3.15. The Kier molecular flexibility index (Phi) is 10.3. The van der Waals surface area contributed by atoms with Crippen LogP contribution >= 0.6 is 0 Å². The van der Waals surface area contributed by atoms with Crippen LogP contribution in [0.25, 0.3) is 0 Å². The van der Waals surface area contributed by atoms with Crippen molar-refractivity contribution in [1.29, 1.82) is 0 Å². The lowest BCUT2D eigenvalue weighted by atomic mass is 10.2. The van der Waals surface area contributed by atoms with Crippen molar-refractivity contribution in [1.82, 2.24) is 5.32 Å². The Morgan fingerprint density at radius 2 is 2.05 bits per heavy atom. The van der Waals surface area contributed by atoms with Crippen molar-refractivity contribution in [2.24, 2.45) is 0 Å². The molecule has 0 aliphatic carbocycles. The fourth-order valence-electron chi connectivity index (χ4n) is 2.22. The van der Waals surface area contributed by atoms with Gasteiger partial charge in [0.25, 0.3) is 0 Å². The third kappa shape index (κ3) is 11.4. The van der Waals surface area contributed by atoms with E-state index in [1.165, 1.54) is 11.0 Å². The van der Waals surface area contributed by atoms with Crippen LogP contribution in [0, 0.1) is 0 Å². The second kappa shape index (κ2) is 10.8. The Labute approximate surface area is 128 Å². The van der Waals surface area contributed by atoms with Crippen molar-refractivity contribution in [3.63, 3.8) is 0 Å². The minimum absolute atomic E-state index is 0.149. The minimum Gasteiger partial charge on any atom is -0.748 e. The van der Waals surface area contributed by atoms with E-state index in [0.717, 1.165) is 32.4 Å². The van der Waals surface area contributed by atoms with Gasteiger partial charge >= 0.3 is 0 Å². The first-order valence-corrected chi connectivity index (χ1v) is 9.06. The first kappa shape index (κ1) is 20.1. The summed E-state index contributed by atoms with van der Waals surface area (Å²) in [5, 5.41) is 2.73. The Balaban J connectivity index is 4.05. The molecule has 0 radical (unpaired) electrons. The molecule has 0 bridgehead atoms. The van der Waals surface area contributed by atoms with Crippen LogP contribution < -0.4 is 10.2 Å². The van der Waals surface area contributed by atoms with Gasteiger partial charge in [-0.15, -0.1) is 0 Å². The summed E-state index contributed by atoms with van der Waals surface area (Å²) in [6, 6.07) is 0.149. The van der Waals surface area contributed by atoms with Crippen LogP contribution in [0.3, 0.4) is 0 Å². The Hall–Kier alpha value is -0.920. The summed E-state index contributed by atoms with van der Waals surface area (Å²) < 4.78 is 32.1. The number of hydrogen-bond acceptors (Lipinski definition) is 4. The molecule has 6 nitrogen and oxygen atoms in total. The molecule has 0 saturated carbocycles. The summed E-state index contributed by atoms with van der Waals surface area (Å²) in [5.74, 6) is -0.460. The van der Waals surface area contributed by atoms with E-state index in [1.807, 2.05) is 6.92 Å². The van der Waals surface area contributed by atoms with Crippen LogP contribution in [0.15, 0.2) is 12.7 Å². The number of quaternary nitrogens is 1. The largest absolute Gasteiger partial charge is 0.748 e. The number of hydrogen-bond donors (Lipinski definition) is 2. The summed E-state index contributed by atoms with van der Waals surface area (Å²) in [7, 11) is -4.13. The van der Waals surface area contributed by atoms with Crippen LogP contribution in [-0.2, 0) is 14.9 Å². The highest BCUT2D eigenvalue weighted by atomic mass is 32.2. The van der Waals surface area contributed by atoms with Gasteiger partial charge in [0.15, 0.2) is 0 Å². The van der Waals surface area contributed by atoms with E-state index >= 15 is 0 Å². The van der Waals surface area contributed by atoms with Gasteiger partial charge in [0, 0.05) is 18.7 Å². The molecule has 0 heterocycles. The smallest absolute Gasteiger partial charge is 0.243 e. The first-order valence-electron chi connectivity index (χ1n) is 7.48. The Morgan fingerprint density at radius 3 is 2.57 bits per heavy atom. The average molecular weight is 320 g/mol. The van der Waals surface area contributed by atoms with E-state index in [-0.39, 0.29) is 17.7 Å². The van der Waals surface area contributed by atoms with E-state index < -0.39 is 10.1 Å². The van der Waals surface area contributed by atoms with Crippen molar-refractivity contribution >= 4 is 16.0 Å². The molecule has 0 aromatic heterocycles. The molecule has 7 heteroatoms. The maximum Gasteiger partial charge on any atom is 0.243 e. The van der Waals surface area contributed by atoms with Crippen molar-refractivity contribution in [2.75, 3.05) is 25.4 Å². The van der Waals surface area contributed by atoms with E-state index in [0.29, 0.717) is 13.0 Å². The summed E-state index contributed by atoms with van der Waals surface area (Å²) >= 11 is 0. The van der Waals surface area contributed by atoms with Crippen LogP contribution in [0.2, 0.25) is 0 Å². The number of nitrogens with one attached hydrogen (secondary N) is 2. The van der Waals surface area contributed by atoms with Crippen molar-refractivity contribution < 1.29 is 22.7 Å². The number of rotatable bonds is 12. The van der Waals surface area contributed by atoms with Crippen LogP contribution in [-0.4, -0.2) is 50.3 Å². The summed E-state index contributed by atoms with van der Waals surface area (Å²) in [6.45, 7) is 9.94. The highest BCUT2D eigenvalue weighted by Gasteiger charge is 2.17. The fourth-order valence-corrected chi connectivity index (χ4v) is 2.87. The molecular formula is C14H28N2O4S. The Bertz CT molecular complexity index is 409. The zero-order chi connectivity index (χ0) is 16.3. The van der Waals surface area contributed by atoms with Gasteiger partial charge in [-0.1, -0.05) is 13.5 Å². The van der Waals surface area contributed by atoms with Gasteiger partial charge in [0.05, 0.1) is 29.2 Å². The molecule has 2 N–H and O–H groups in total. The van der Waals surface area contributed by atoms with Crippen LogP contribution in [0.4, 0.5) is 0 Å². The molecule has 0 saturated heterocycles. The molecule has 0 aromatic rings. The standard InChI is InChI=1S/C14H28N2O4S/c1-4-10-16(13(3)8-12-21(18,19)20)11-7-6-9-15-14(17)5-2/h5,13H,2,4,6-12H2,1,3H3,(H,15,17)(H,18,19,20). The monoisotopic (exact) mass is 320 g/mol. The third-order valence-electron chi connectivity index (χ3n) is 3.48. The predicted molar refractivity (Wildman–Crippen MR) is 82.1 cm³/mol. The highest BCUT2D eigenvalue weighted by molar-refractivity contribution is 7.85. The zero-order valence-electron chi connectivity index (χ0n) is 13.1. The van der Waals surface area contributed by atoms with Crippen LogP contribution in [0.5, 0.6) is 0 Å². The van der Waals surface area contributed by atoms with Crippen LogP contribution in [0.1, 0.15) is 39.5 Å². The molecule has 2 unspecified atom stereocenters. The second-order valence-corrected chi connectivity index (χ2v) is 6.84. The maximum absolute atomic E-state index is 11.0. The molecule has 1 amide bonds. The molecule has 0 fully saturated rings. The topological polar surface area (TPSA) is 90.7 Å². The molecule has 0 aromatic carbocycles. The number of carbonyl (C=O) groups excluding carboxylic acids is 1. The predicted octanol–water partition coefficient (Wildman–Crippen LogP) is -0.312. The van der Waals surface area contributed by atoms with Gasteiger partial charge in [-0.2, -0.15) is 0 Å². The van der Waals surface area contributed by atoms with E-state index in [2.05, 4.69) is 18.8 Å². The number of carbonyl (C=O) groups is 1. The average Bonchev–Trinajstić information content (AvgIpc) is 2.42. The summed E-state index contributed by atoms with van der Waals surface area (Å²) in [6.07, 6.45) is 4.48. The summed E-state index contributed by atoms with van der Waals surface area (Å²) in [4.78, 5) is 12.3. The molecule has 0 spiro atoms. The van der Waals surface area contributed by atoms with Gasteiger partial charge in [-0.05, 0) is 32.3 Å². The molecule has 0 aliphatic rings. The summed E-state index contributed by atoms with van der Waals surface area (Å²) in [5.41, 5.74) is 0. The van der Waals surface area contributed by atoms with Gasteiger partial charge in [0.1, 0.15) is 0 Å². The second-order valence-electron chi connectivity index (χ2n) is 5.31. The first-order chi connectivity index (χ1) is 9.80. The zero-order valence-corrected chi connectivity index (χ0v) is 13.9. The molecule has 0 aliphatic heterocycles.